The van der Waals surface area contributed by atoms with Crippen LogP contribution in [-0.2, 0) is 19.2 Å². The first-order valence-electron chi connectivity index (χ1n) is 15.1. The van der Waals surface area contributed by atoms with Crippen LogP contribution in [0, 0.1) is 34.5 Å². The Morgan fingerprint density at radius 3 is 2.64 bits per heavy atom. The lowest BCUT2D eigenvalue weighted by atomic mass is 9.47. The molecule has 218 valence electrons. The van der Waals surface area contributed by atoms with Gasteiger partial charge in [-0.3, -0.25) is 9.59 Å². The predicted molar refractivity (Wildman–Crippen MR) is 148 cm³/mol. The van der Waals surface area contributed by atoms with Crippen LogP contribution in [0.15, 0.2) is 16.8 Å². The first kappa shape index (κ1) is 28.6. The lowest BCUT2D eigenvalue weighted by molar-refractivity contribution is -0.139. The molecule has 8 atom stereocenters. The summed E-state index contributed by atoms with van der Waals surface area (Å²) in [5.41, 5.74) is 2.30. The molecule has 0 spiro atoms. The van der Waals surface area contributed by atoms with Crippen LogP contribution in [0.25, 0.3) is 0 Å². The number of aliphatic hydroxyl groups excluding tert-OH is 1. The van der Waals surface area contributed by atoms with Crippen molar-refractivity contribution < 1.29 is 29.4 Å². The van der Waals surface area contributed by atoms with Crippen LogP contribution in [0.5, 0.6) is 0 Å². The molecular formula is C31H48N2O6. The summed E-state index contributed by atoms with van der Waals surface area (Å²) in [4.78, 5) is 29.7. The molecule has 1 heterocycles. The van der Waals surface area contributed by atoms with Gasteiger partial charge in [0.05, 0.1) is 23.8 Å². The molecule has 1 amide bonds. The summed E-state index contributed by atoms with van der Waals surface area (Å²) in [6, 6.07) is -0.458. The van der Waals surface area contributed by atoms with E-state index >= 15 is 0 Å². The number of oxime groups is 1. The predicted octanol–water partition coefficient (Wildman–Crippen LogP) is 4.85. The van der Waals surface area contributed by atoms with Crippen molar-refractivity contribution in [2.75, 3.05) is 13.2 Å². The van der Waals surface area contributed by atoms with E-state index in [4.69, 9.17) is 9.57 Å². The van der Waals surface area contributed by atoms with Gasteiger partial charge in [-0.15, -0.1) is 0 Å². The summed E-state index contributed by atoms with van der Waals surface area (Å²) >= 11 is 0. The molecule has 0 bridgehead atoms. The van der Waals surface area contributed by atoms with E-state index in [1.165, 1.54) is 18.4 Å². The van der Waals surface area contributed by atoms with Crippen molar-refractivity contribution in [3.05, 3.63) is 11.6 Å². The number of hydrogen-bond acceptors (Lipinski definition) is 6. The van der Waals surface area contributed by atoms with Crippen LogP contribution in [0.4, 0.5) is 0 Å². The molecule has 3 N–H and O–H groups in total. The molecule has 3 saturated carbocycles. The topological polar surface area (TPSA) is 117 Å². The van der Waals surface area contributed by atoms with Crippen molar-refractivity contribution in [3.8, 4) is 0 Å². The number of amides is 1. The number of aliphatic carboxylic acids is 1. The SMILES string of the molecule is CC1(C)C[C@H]([C@H](CC(=O)O)NC(=O)CO/N=C2\C=C3CC[C@H]4[C@@H]5CC[C@@H](O)[C@@]5(C)CC[C@@H]4[C@@]3(C)CC2)CCO1. The Balaban J connectivity index is 1.18. The van der Waals surface area contributed by atoms with Crippen LogP contribution in [-0.4, -0.2) is 58.8 Å². The van der Waals surface area contributed by atoms with E-state index in [-0.39, 0.29) is 47.4 Å². The molecule has 0 unspecified atom stereocenters. The third-order valence-electron chi connectivity index (χ3n) is 11.3. The van der Waals surface area contributed by atoms with E-state index in [0.717, 1.165) is 50.7 Å². The molecule has 4 fully saturated rings. The highest BCUT2D eigenvalue weighted by Crippen LogP contribution is 2.65. The Morgan fingerprint density at radius 1 is 1.10 bits per heavy atom. The first-order valence-corrected chi connectivity index (χ1v) is 15.1. The summed E-state index contributed by atoms with van der Waals surface area (Å²) in [6.45, 7) is 9.10. The van der Waals surface area contributed by atoms with Crippen molar-refractivity contribution >= 4 is 17.6 Å². The zero-order valence-corrected chi connectivity index (χ0v) is 24.2. The molecule has 8 nitrogen and oxygen atoms in total. The van der Waals surface area contributed by atoms with Gasteiger partial charge in [0.1, 0.15) is 0 Å². The average Bonchev–Trinajstić information content (AvgIpc) is 3.17. The lowest BCUT2D eigenvalue weighted by Crippen LogP contribution is -2.51. The minimum Gasteiger partial charge on any atom is -0.481 e. The van der Waals surface area contributed by atoms with Crippen LogP contribution >= 0.6 is 0 Å². The molecule has 5 aliphatic rings. The molecule has 1 saturated heterocycles. The van der Waals surface area contributed by atoms with Gasteiger partial charge < -0.3 is 25.1 Å². The molecule has 0 radical (unpaired) electrons. The Kier molecular flexibility index (Phi) is 7.92. The van der Waals surface area contributed by atoms with Crippen LogP contribution < -0.4 is 5.32 Å². The third-order valence-corrected chi connectivity index (χ3v) is 11.3. The maximum Gasteiger partial charge on any atom is 0.305 e. The fourth-order valence-corrected chi connectivity index (χ4v) is 9.18. The maximum atomic E-state index is 12.7. The highest BCUT2D eigenvalue weighted by atomic mass is 16.6. The Bertz CT molecular complexity index is 1020. The van der Waals surface area contributed by atoms with Crippen LogP contribution in [0.3, 0.4) is 0 Å². The normalized spacial score (nSPS) is 41.0. The van der Waals surface area contributed by atoms with Crippen LogP contribution in [0.2, 0.25) is 0 Å². The van der Waals surface area contributed by atoms with Crippen molar-refractivity contribution in [2.24, 2.45) is 39.7 Å². The molecule has 0 aromatic heterocycles. The quantitative estimate of drug-likeness (QED) is 0.395. The molecule has 0 aromatic carbocycles. The van der Waals surface area contributed by atoms with E-state index in [9.17, 15) is 19.8 Å². The van der Waals surface area contributed by atoms with Gasteiger partial charge in [-0.05, 0) is 119 Å². The fourth-order valence-electron chi connectivity index (χ4n) is 9.18. The van der Waals surface area contributed by atoms with Gasteiger partial charge in [-0.1, -0.05) is 24.6 Å². The largest absolute Gasteiger partial charge is 0.481 e. The standard InChI is InChI=1S/C31H48N2O6/c1-29(2)17-19(11-14-38-29)25(16-28(36)37)32-27(35)18-39-33-21-9-12-30(3)20(15-21)5-6-22-23-7-8-26(34)31(23,4)13-10-24(22)30/h15,19,22-26,34H,5-14,16-18H2,1-4H3,(H,32,35)(H,36,37)/b33-21-/t19-,22+,23+,24+,25+,26-,30+,31+/m1/s1. The molecule has 8 heteroatoms. The van der Waals surface area contributed by atoms with Crippen LogP contribution in [0.1, 0.15) is 98.3 Å². The summed E-state index contributed by atoms with van der Waals surface area (Å²) < 4.78 is 5.77. The molecule has 1 aliphatic heterocycles. The van der Waals surface area contributed by atoms with Gasteiger partial charge in [-0.25, -0.2) is 0 Å². The second-order valence-corrected chi connectivity index (χ2v) is 14.1. The molecule has 39 heavy (non-hydrogen) atoms. The van der Waals surface area contributed by atoms with Crippen molar-refractivity contribution in [3.63, 3.8) is 0 Å². The van der Waals surface area contributed by atoms with Gasteiger partial charge in [0.2, 0.25) is 0 Å². The van der Waals surface area contributed by atoms with Crippen molar-refractivity contribution in [2.45, 2.75) is 116 Å². The second kappa shape index (κ2) is 10.8. The van der Waals surface area contributed by atoms with Crippen molar-refractivity contribution in [1.82, 2.24) is 5.32 Å². The number of hydrogen-bond donors (Lipinski definition) is 3. The van der Waals surface area contributed by atoms with E-state index in [0.29, 0.717) is 30.8 Å². The fraction of sp³-hybridized carbons (Fsp3) is 0.839. The lowest BCUT2D eigenvalue weighted by Gasteiger charge is -2.57. The molecule has 4 aliphatic carbocycles. The van der Waals surface area contributed by atoms with Gasteiger partial charge in [0.25, 0.3) is 5.91 Å². The summed E-state index contributed by atoms with van der Waals surface area (Å²) in [6.07, 6.45) is 11.9. The third kappa shape index (κ3) is 5.65. The smallest absolute Gasteiger partial charge is 0.305 e. The molecule has 0 aromatic rings. The average molecular weight is 545 g/mol. The van der Waals surface area contributed by atoms with E-state index in [2.05, 4.69) is 30.4 Å². The number of allylic oxidation sites excluding steroid dienone is 2. The highest BCUT2D eigenvalue weighted by Gasteiger charge is 2.58. The Labute approximate surface area is 233 Å². The number of rotatable bonds is 7. The molecular weight excluding hydrogens is 496 g/mol. The number of carboxylic acids is 1. The van der Waals surface area contributed by atoms with E-state index < -0.39 is 12.0 Å². The monoisotopic (exact) mass is 544 g/mol. The van der Waals surface area contributed by atoms with E-state index in [1.807, 2.05) is 13.8 Å². The van der Waals surface area contributed by atoms with Gasteiger partial charge in [0.15, 0.2) is 6.61 Å². The number of carboxylic acid groups (broad SMARTS) is 1. The second-order valence-electron chi connectivity index (χ2n) is 14.1. The number of aliphatic hydroxyl groups is 1. The van der Waals surface area contributed by atoms with Gasteiger partial charge in [0, 0.05) is 12.6 Å². The number of ether oxygens (including phenoxy) is 1. The molecule has 5 rings (SSSR count). The van der Waals surface area contributed by atoms with Crippen molar-refractivity contribution in [1.29, 1.82) is 0 Å². The number of nitrogens with one attached hydrogen (secondary N) is 1. The first-order chi connectivity index (χ1) is 18.4. The minimum absolute atomic E-state index is 0.0427. The number of carbonyl (C=O) groups is 2. The highest BCUT2D eigenvalue weighted by molar-refractivity contribution is 5.96. The van der Waals surface area contributed by atoms with E-state index in [1.54, 1.807) is 0 Å². The number of fused-ring (bicyclic) bond motifs is 5. The summed E-state index contributed by atoms with van der Waals surface area (Å²) in [5.74, 6) is 0.772. The number of carbonyl (C=O) groups excluding carboxylic acids is 1. The van der Waals surface area contributed by atoms with Gasteiger partial charge in [-0.2, -0.15) is 0 Å². The Hall–Kier alpha value is -1.93. The number of nitrogens with zero attached hydrogens (tertiary/aromatic N) is 1. The minimum atomic E-state index is -0.927. The summed E-state index contributed by atoms with van der Waals surface area (Å²) in [7, 11) is 0. The zero-order valence-electron chi connectivity index (χ0n) is 24.2. The zero-order chi connectivity index (χ0) is 28.0. The Morgan fingerprint density at radius 2 is 1.90 bits per heavy atom. The van der Waals surface area contributed by atoms with Gasteiger partial charge >= 0.3 is 5.97 Å². The maximum absolute atomic E-state index is 12.7. The summed E-state index contributed by atoms with van der Waals surface area (Å²) in [5, 5.41) is 27.3.